The van der Waals surface area contributed by atoms with Gasteiger partial charge in [-0.3, -0.25) is 9.58 Å². The number of nitrogen functional groups attached to an aromatic ring is 1. The molecule has 0 radical (unpaired) electrons. The maximum Gasteiger partial charge on any atom is 0.323 e. The third-order valence-electron chi connectivity index (χ3n) is 3.33. The van der Waals surface area contributed by atoms with Gasteiger partial charge < -0.3 is 15.2 Å². The van der Waals surface area contributed by atoms with Crippen LogP contribution in [-0.4, -0.2) is 68.7 Å². The molecule has 21 heavy (non-hydrogen) atoms. The molecule has 0 atom stereocenters. The van der Waals surface area contributed by atoms with Crippen molar-refractivity contribution in [2.24, 2.45) is 7.05 Å². The predicted octanol–water partition coefficient (Wildman–Crippen LogP) is -0.706. The Labute approximate surface area is 122 Å². The molecular formula is C12H19N7O2. The van der Waals surface area contributed by atoms with E-state index in [1.165, 1.54) is 0 Å². The molecule has 2 aromatic rings. The third-order valence-corrected chi connectivity index (χ3v) is 3.33. The lowest BCUT2D eigenvalue weighted by molar-refractivity contribution is 0.0317. The van der Waals surface area contributed by atoms with Gasteiger partial charge in [0.1, 0.15) is 6.61 Å². The van der Waals surface area contributed by atoms with Gasteiger partial charge in [-0.25, -0.2) is 4.68 Å². The van der Waals surface area contributed by atoms with Crippen LogP contribution < -0.4 is 10.5 Å². The molecule has 9 heteroatoms. The second-order valence-electron chi connectivity index (χ2n) is 4.80. The summed E-state index contributed by atoms with van der Waals surface area (Å²) in [5, 5.41) is 0. The highest BCUT2D eigenvalue weighted by Gasteiger charge is 2.12. The number of nitrogens with two attached hydrogens (primary N) is 1. The number of morpholine rings is 1. The van der Waals surface area contributed by atoms with Crippen LogP contribution in [0.4, 0.5) is 5.95 Å². The SMILES string of the molecule is Cn1ccn1-c1nc(N)nc(OCCN2CCOCC2)n1. The summed E-state index contributed by atoms with van der Waals surface area (Å²) in [6, 6.07) is 0.249. The molecule has 3 rings (SSSR count). The number of nitrogens with zero attached hydrogens (tertiary/aromatic N) is 6. The molecular weight excluding hydrogens is 274 g/mol. The number of hydrogen-bond donors (Lipinski definition) is 1. The maximum absolute atomic E-state index is 5.70. The highest BCUT2D eigenvalue weighted by molar-refractivity contribution is 5.24. The van der Waals surface area contributed by atoms with E-state index in [4.69, 9.17) is 15.2 Å². The Morgan fingerprint density at radius 1 is 1.24 bits per heavy atom. The van der Waals surface area contributed by atoms with Crippen LogP contribution >= 0.6 is 0 Å². The Hall–Kier alpha value is -2.13. The summed E-state index contributed by atoms with van der Waals surface area (Å²) in [5.74, 6) is 0.601. The van der Waals surface area contributed by atoms with Crippen molar-refractivity contribution in [3.63, 3.8) is 0 Å². The van der Waals surface area contributed by atoms with Gasteiger partial charge in [0.2, 0.25) is 5.95 Å². The zero-order valence-electron chi connectivity index (χ0n) is 12.0. The van der Waals surface area contributed by atoms with Crippen LogP contribution in [0.15, 0.2) is 12.4 Å². The van der Waals surface area contributed by atoms with Gasteiger partial charge in [-0.15, -0.1) is 0 Å². The van der Waals surface area contributed by atoms with Crippen molar-refractivity contribution in [2.75, 3.05) is 45.2 Å². The fourth-order valence-corrected chi connectivity index (χ4v) is 2.09. The summed E-state index contributed by atoms with van der Waals surface area (Å²) >= 11 is 0. The van der Waals surface area contributed by atoms with E-state index in [0.717, 1.165) is 32.8 Å². The Morgan fingerprint density at radius 3 is 2.71 bits per heavy atom. The molecule has 1 fully saturated rings. The molecule has 3 heterocycles. The van der Waals surface area contributed by atoms with E-state index < -0.39 is 0 Å². The van der Waals surface area contributed by atoms with Crippen LogP contribution in [0.5, 0.6) is 6.01 Å². The minimum Gasteiger partial charge on any atom is -0.462 e. The maximum atomic E-state index is 5.70. The molecule has 1 saturated heterocycles. The summed E-state index contributed by atoms with van der Waals surface area (Å²) in [6.45, 7) is 4.73. The van der Waals surface area contributed by atoms with E-state index in [0.29, 0.717) is 12.6 Å². The molecule has 114 valence electrons. The normalized spacial score (nSPS) is 16.2. The molecule has 0 aliphatic carbocycles. The first kappa shape index (κ1) is 13.8. The molecule has 9 nitrogen and oxygen atoms in total. The van der Waals surface area contributed by atoms with Crippen molar-refractivity contribution in [2.45, 2.75) is 0 Å². The van der Waals surface area contributed by atoms with Crippen molar-refractivity contribution in [3.05, 3.63) is 12.4 Å². The van der Waals surface area contributed by atoms with E-state index >= 15 is 0 Å². The van der Waals surface area contributed by atoms with Crippen molar-refractivity contribution >= 4 is 5.95 Å². The Morgan fingerprint density at radius 2 is 2.05 bits per heavy atom. The summed E-state index contributed by atoms with van der Waals surface area (Å²) in [4.78, 5) is 14.6. The second kappa shape index (κ2) is 6.10. The first-order valence-corrected chi connectivity index (χ1v) is 6.87. The lowest BCUT2D eigenvalue weighted by atomic mass is 10.4. The van der Waals surface area contributed by atoms with E-state index in [1.54, 1.807) is 4.68 Å². The minimum absolute atomic E-state index is 0.148. The molecule has 1 aliphatic rings. The molecule has 0 saturated carbocycles. The van der Waals surface area contributed by atoms with E-state index in [-0.39, 0.29) is 12.0 Å². The van der Waals surface area contributed by atoms with Gasteiger partial charge in [0.05, 0.1) is 13.2 Å². The second-order valence-corrected chi connectivity index (χ2v) is 4.80. The first-order chi connectivity index (χ1) is 10.2. The topological polar surface area (TPSA) is 96.2 Å². The Kier molecular flexibility index (Phi) is 4.02. The number of aromatic nitrogens is 5. The Bertz CT molecular complexity index is 588. The molecule has 0 spiro atoms. The van der Waals surface area contributed by atoms with Gasteiger partial charge in [-0.05, 0) is 0 Å². The number of anilines is 1. The van der Waals surface area contributed by atoms with Crippen LogP contribution in [0.1, 0.15) is 0 Å². The highest BCUT2D eigenvalue weighted by Crippen LogP contribution is 2.10. The molecule has 0 amide bonds. The average molecular weight is 293 g/mol. The van der Waals surface area contributed by atoms with Crippen LogP contribution in [0.25, 0.3) is 5.95 Å². The smallest absolute Gasteiger partial charge is 0.323 e. The number of rotatable bonds is 5. The van der Waals surface area contributed by atoms with E-state index in [1.807, 2.05) is 24.1 Å². The molecule has 0 bridgehead atoms. The summed E-state index contributed by atoms with van der Waals surface area (Å²) < 4.78 is 14.5. The predicted molar refractivity (Wildman–Crippen MR) is 75.3 cm³/mol. The van der Waals surface area contributed by atoms with Gasteiger partial charge >= 0.3 is 6.01 Å². The van der Waals surface area contributed by atoms with Crippen molar-refractivity contribution < 1.29 is 9.47 Å². The average Bonchev–Trinajstić information content (AvgIpc) is 2.46. The molecule has 0 aromatic carbocycles. The van der Waals surface area contributed by atoms with Gasteiger partial charge in [0.15, 0.2) is 0 Å². The summed E-state index contributed by atoms with van der Waals surface area (Å²) in [6.07, 6.45) is 3.73. The zero-order chi connectivity index (χ0) is 14.7. The van der Waals surface area contributed by atoms with Crippen molar-refractivity contribution in [1.29, 1.82) is 0 Å². The molecule has 0 unspecified atom stereocenters. The van der Waals surface area contributed by atoms with Crippen LogP contribution in [0, 0.1) is 0 Å². The number of ether oxygens (including phenoxy) is 2. The van der Waals surface area contributed by atoms with E-state index in [9.17, 15) is 0 Å². The fraction of sp³-hybridized carbons (Fsp3) is 0.583. The zero-order valence-corrected chi connectivity index (χ0v) is 12.0. The lowest BCUT2D eigenvalue weighted by Crippen LogP contribution is -2.38. The van der Waals surface area contributed by atoms with Crippen LogP contribution in [0.3, 0.4) is 0 Å². The largest absolute Gasteiger partial charge is 0.462 e. The van der Waals surface area contributed by atoms with Gasteiger partial charge in [-0.2, -0.15) is 15.0 Å². The number of aryl methyl sites for hydroxylation is 1. The summed E-state index contributed by atoms with van der Waals surface area (Å²) in [7, 11) is 1.89. The standard InChI is InChI=1S/C12H19N7O2/c1-17-2-3-19(17)11-14-10(13)15-12(16-11)21-9-6-18-4-7-20-8-5-18/h2-3H,4-9H2,1H3,(H2,13,14,15,16). The Balaban J connectivity index is 1.59. The van der Waals surface area contributed by atoms with Crippen LogP contribution in [-0.2, 0) is 11.8 Å². The highest BCUT2D eigenvalue weighted by atomic mass is 16.5. The number of hydrogen-bond acceptors (Lipinski definition) is 7. The fourth-order valence-electron chi connectivity index (χ4n) is 2.09. The van der Waals surface area contributed by atoms with Crippen LogP contribution in [0.2, 0.25) is 0 Å². The van der Waals surface area contributed by atoms with Crippen molar-refractivity contribution in [1.82, 2.24) is 29.2 Å². The molecule has 2 aromatic heterocycles. The lowest BCUT2D eigenvalue weighted by Gasteiger charge is -2.26. The molecule has 2 N–H and O–H groups in total. The van der Waals surface area contributed by atoms with Crippen molar-refractivity contribution in [3.8, 4) is 12.0 Å². The quantitative estimate of drug-likeness (QED) is 0.778. The summed E-state index contributed by atoms with van der Waals surface area (Å²) in [5.41, 5.74) is 5.70. The monoisotopic (exact) mass is 293 g/mol. The van der Waals surface area contributed by atoms with E-state index in [2.05, 4.69) is 19.9 Å². The van der Waals surface area contributed by atoms with Gasteiger partial charge in [0, 0.05) is 39.1 Å². The third kappa shape index (κ3) is 3.31. The minimum atomic E-state index is 0.148. The molecule has 1 aliphatic heterocycles. The first-order valence-electron chi connectivity index (χ1n) is 6.87. The van der Waals surface area contributed by atoms with Gasteiger partial charge in [-0.1, -0.05) is 0 Å². The van der Waals surface area contributed by atoms with Gasteiger partial charge in [0.25, 0.3) is 5.95 Å².